The van der Waals surface area contributed by atoms with Gasteiger partial charge in [-0.25, -0.2) is 0 Å². The Balaban J connectivity index is 3.45. The van der Waals surface area contributed by atoms with Crippen LogP contribution >= 0.6 is 0 Å². The number of carbonyl (C=O) groups is 2. The summed E-state index contributed by atoms with van der Waals surface area (Å²) >= 11 is 0. The minimum Gasteiger partial charge on any atom is -0.466 e. The molecule has 370 valence electrons. The average Bonchev–Trinajstić information content (AvgIpc) is 3.28. The Kier molecular flexibility index (Phi) is 51.1. The molecule has 1 amide bonds. The van der Waals surface area contributed by atoms with Crippen molar-refractivity contribution in [2.24, 2.45) is 0 Å². The third-order valence-corrected chi connectivity index (χ3v) is 12.7. The van der Waals surface area contributed by atoms with E-state index in [2.05, 4.69) is 55.6 Å². The molecule has 0 heterocycles. The van der Waals surface area contributed by atoms with Gasteiger partial charge in [0.05, 0.1) is 25.4 Å². The number of aliphatic hydroxyl groups excluding tert-OH is 2. The maximum absolute atomic E-state index is 12.4. The van der Waals surface area contributed by atoms with E-state index in [1.54, 1.807) is 0 Å². The number of hydrogen-bond donors (Lipinski definition) is 3. The highest BCUT2D eigenvalue weighted by Crippen LogP contribution is 2.16. The van der Waals surface area contributed by atoms with Crippen LogP contribution < -0.4 is 5.32 Å². The summed E-state index contributed by atoms with van der Waals surface area (Å²) in [5.41, 5.74) is 0. The molecule has 0 rings (SSSR count). The van der Waals surface area contributed by atoms with Crippen molar-refractivity contribution in [3.8, 4) is 0 Å². The number of rotatable bonds is 51. The molecule has 2 atom stereocenters. The first-order valence-electron chi connectivity index (χ1n) is 27.7. The maximum Gasteiger partial charge on any atom is 0.305 e. The lowest BCUT2D eigenvalue weighted by molar-refractivity contribution is -0.143. The number of carbonyl (C=O) groups excluding carboxylic acids is 2. The zero-order valence-corrected chi connectivity index (χ0v) is 42.1. The Hall–Kier alpha value is -1.92. The summed E-state index contributed by atoms with van der Waals surface area (Å²) in [6, 6.07) is -0.548. The Labute approximate surface area is 392 Å². The van der Waals surface area contributed by atoms with Crippen molar-refractivity contribution in [2.45, 2.75) is 302 Å². The molecule has 0 aliphatic carbocycles. The fourth-order valence-electron chi connectivity index (χ4n) is 8.36. The van der Waals surface area contributed by atoms with Crippen LogP contribution in [-0.2, 0) is 14.3 Å². The molecule has 0 aromatic carbocycles. The Morgan fingerprint density at radius 1 is 0.444 bits per heavy atom. The van der Waals surface area contributed by atoms with Crippen LogP contribution in [0.5, 0.6) is 0 Å². The van der Waals surface area contributed by atoms with Crippen molar-refractivity contribution in [2.75, 3.05) is 13.2 Å². The van der Waals surface area contributed by atoms with Crippen molar-refractivity contribution in [3.05, 3.63) is 36.5 Å². The largest absolute Gasteiger partial charge is 0.466 e. The molecule has 0 saturated heterocycles. The van der Waals surface area contributed by atoms with Crippen molar-refractivity contribution in [1.82, 2.24) is 5.32 Å². The maximum atomic E-state index is 12.4. The van der Waals surface area contributed by atoms with E-state index in [1.165, 1.54) is 199 Å². The highest BCUT2D eigenvalue weighted by atomic mass is 16.5. The van der Waals surface area contributed by atoms with E-state index in [4.69, 9.17) is 4.74 Å². The van der Waals surface area contributed by atoms with Crippen LogP contribution in [0, 0.1) is 0 Å². The van der Waals surface area contributed by atoms with Gasteiger partial charge in [0.15, 0.2) is 0 Å². The average molecular weight is 886 g/mol. The first-order chi connectivity index (χ1) is 31.0. The van der Waals surface area contributed by atoms with E-state index in [9.17, 15) is 19.8 Å². The van der Waals surface area contributed by atoms with Gasteiger partial charge in [0.25, 0.3) is 0 Å². The second-order valence-corrected chi connectivity index (χ2v) is 18.9. The predicted molar refractivity (Wildman–Crippen MR) is 273 cm³/mol. The number of amides is 1. The van der Waals surface area contributed by atoms with Gasteiger partial charge in [0.1, 0.15) is 0 Å². The van der Waals surface area contributed by atoms with E-state index in [0.717, 1.165) is 57.8 Å². The van der Waals surface area contributed by atoms with Gasteiger partial charge in [-0.2, -0.15) is 0 Å². The van der Waals surface area contributed by atoms with Gasteiger partial charge in [-0.15, -0.1) is 0 Å². The number of allylic oxidation sites excluding steroid dienone is 6. The summed E-state index contributed by atoms with van der Waals surface area (Å²) < 4.78 is 5.46. The molecule has 0 fully saturated rings. The molecule has 63 heavy (non-hydrogen) atoms. The predicted octanol–water partition coefficient (Wildman–Crippen LogP) is 16.9. The molecule has 6 nitrogen and oxygen atoms in total. The van der Waals surface area contributed by atoms with Crippen LogP contribution in [-0.4, -0.2) is 47.4 Å². The lowest BCUT2D eigenvalue weighted by Crippen LogP contribution is -2.45. The fourth-order valence-corrected chi connectivity index (χ4v) is 8.36. The molecule has 0 aromatic heterocycles. The topological polar surface area (TPSA) is 95.9 Å². The van der Waals surface area contributed by atoms with Crippen molar-refractivity contribution in [3.63, 3.8) is 0 Å². The molecule has 0 saturated carbocycles. The molecule has 0 bridgehead atoms. The van der Waals surface area contributed by atoms with Gasteiger partial charge in [-0.1, -0.05) is 237 Å². The van der Waals surface area contributed by atoms with E-state index < -0.39 is 12.1 Å². The normalized spacial score (nSPS) is 12.9. The Bertz CT molecular complexity index is 1020. The zero-order valence-electron chi connectivity index (χ0n) is 42.1. The molecule has 6 heteroatoms. The second kappa shape index (κ2) is 52.7. The molecule has 0 aliphatic heterocycles. The van der Waals surface area contributed by atoms with Crippen LogP contribution in [0.15, 0.2) is 36.5 Å². The number of unbranched alkanes of at least 4 members (excludes halogenated alkanes) is 34. The van der Waals surface area contributed by atoms with E-state index >= 15 is 0 Å². The highest BCUT2D eigenvalue weighted by Gasteiger charge is 2.20. The Morgan fingerprint density at radius 3 is 1.27 bits per heavy atom. The molecule has 0 radical (unpaired) electrons. The summed E-state index contributed by atoms with van der Waals surface area (Å²) in [5.74, 6) is -0.0563. The van der Waals surface area contributed by atoms with Gasteiger partial charge in [0.2, 0.25) is 5.91 Å². The van der Waals surface area contributed by atoms with Crippen LogP contribution in [0.4, 0.5) is 0 Å². The van der Waals surface area contributed by atoms with Gasteiger partial charge in [-0.05, 0) is 77.0 Å². The van der Waals surface area contributed by atoms with Crippen LogP contribution in [0.2, 0.25) is 0 Å². The van der Waals surface area contributed by atoms with Gasteiger partial charge >= 0.3 is 5.97 Å². The van der Waals surface area contributed by atoms with Gasteiger partial charge in [-0.3, -0.25) is 9.59 Å². The summed E-state index contributed by atoms with van der Waals surface area (Å²) in [6.45, 7) is 4.89. The van der Waals surface area contributed by atoms with E-state index in [1.807, 2.05) is 0 Å². The first kappa shape index (κ1) is 61.1. The third kappa shape index (κ3) is 49.4. The van der Waals surface area contributed by atoms with Crippen molar-refractivity contribution in [1.29, 1.82) is 0 Å². The quantitative estimate of drug-likeness (QED) is 0.0321. The molecular formula is C57H107NO5. The third-order valence-electron chi connectivity index (χ3n) is 12.7. The summed E-state index contributed by atoms with van der Waals surface area (Å²) in [4.78, 5) is 24.5. The minimum atomic E-state index is -0.670. The van der Waals surface area contributed by atoms with E-state index in [0.29, 0.717) is 25.9 Å². The molecule has 2 unspecified atom stereocenters. The van der Waals surface area contributed by atoms with E-state index in [-0.39, 0.29) is 18.5 Å². The number of ether oxygens (including phenoxy) is 1. The number of aliphatic hydroxyl groups is 2. The van der Waals surface area contributed by atoms with Crippen LogP contribution in [0.25, 0.3) is 0 Å². The number of esters is 1. The highest BCUT2D eigenvalue weighted by molar-refractivity contribution is 5.76. The zero-order chi connectivity index (χ0) is 45.8. The van der Waals surface area contributed by atoms with Gasteiger partial charge in [0, 0.05) is 12.8 Å². The summed E-state index contributed by atoms with van der Waals surface area (Å²) in [7, 11) is 0. The van der Waals surface area contributed by atoms with Crippen LogP contribution in [0.1, 0.15) is 290 Å². The molecule has 3 N–H and O–H groups in total. The lowest BCUT2D eigenvalue weighted by atomic mass is 10.0. The molecular weight excluding hydrogens is 779 g/mol. The minimum absolute atomic E-state index is 0.0110. The number of nitrogens with one attached hydrogen (secondary N) is 1. The van der Waals surface area contributed by atoms with Gasteiger partial charge < -0.3 is 20.3 Å². The second-order valence-electron chi connectivity index (χ2n) is 18.9. The van der Waals surface area contributed by atoms with Crippen molar-refractivity contribution >= 4 is 11.9 Å². The molecule has 0 aromatic rings. The number of hydrogen-bond acceptors (Lipinski definition) is 5. The summed E-state index contributed by atoms with van der Waals surface area (Å²) in [6.07, 6.45) is 64.1. The molecule has 0 spiro atoms. The molecule has 0 aliphatic rings. The standard InChI is InChI=1S/C57H107NO5/c1-3-5-7-9-11-13-15-17-27-31-35-39-43-47-51-57(62)63-52-48-44-40-36-32-28-24-22-20-18-19-21-23-26-30-34-38-42-46-50-56(61)58-54(53-59)55(60)49-45-41-37-33-29-25-16-14-12-10-8-6-4-2/h9,11,15,17-19,54-55,59-60H,3-8,10,12-14,16,20-53H2,1-2H3,(H,58,61)/b11-9-,17-15-,19-18-. The monoisotopic (exact) mass is 886 g/mol. The fraction of sp³-hybridized carbons (Fsp3) is 0.860. The lowest BCUT2D eigenvalue weighted by Gasteiger charge is -2.22. The smallest absolute Gasteiger partial charge is 0.305 e. The van der Waals surface area contributed by atoms with Crippen LogP contribution in [0.3, 0.4) is 0 Å². The van der Waals surface area contributed by atoms with Crippen molar-refractivity contribution < 1.29 is 24.5 Å². The summed E-state index contributed by atoms with van der Waals surface area (Å²) in [5, 5.41) is 23.2. The first-order valence-corrected chi connectivity index (χ1v) is 27.7. The SMILES string of the molecule is CCCC/C=C\C/C=C\CCCCCCCC(=O)OCCCCCCCCCC/C=C\CCCCCCCCCC(=O)NC(CO)C(O)CCCCCCCCCCCCCCC. The Morgan fingerprint density at radius 2 is 0.810 bits per heavy atom.